The number of aromatic hydroxyl groups is 1. The number of carbonyl (C=O) groups is 1. The van der Waals surface area contributed by atoms with Gasteiger partial charge in [-0.05, 0) is 36.2 Å². The molecule has 2 aromatic carbocycles. The standard InChI is InChI=1S/C20H17ClN4O2/c1-2-4-14-5-3-6-15(19(14)26)12-22-25-20(27)18-11-17(23-24-18)13-7-9-16(21)10-8-13/h2-3,5-12,26H,1,4H2,(H,23,24)(H,25,27). The van der Waals surface area contributed by atoms with Gasteiger partial charge < -0.3 is 5.11 Å². The van der Waals surface area contributed by atoms with Crippen molar-refractivity contribution in [2.45, 2.75) is 6.42 Å². The predicted octanol–water partition coefficient (Wildman–Crippen LogP) is 3.93. The topological polar surface area (TPSA) is 90.4 Å². The number of carbonyl (C=O) groups excluding carboxylic acids is 1. The van der Waals surface area contributed by atoms with Crippen LogP contribution in [0.2, 0.25) is 5.02 Å². The molecule has 0 aliphatic heterocycles. The molecule has 3 rings (SSSR count). The lowest BCUT2D eigenvalue weighted by atomic mass is 10.1. The quantitative estimate of drug-likeness (QED) is 0.344. The van der Waals surface area contributed by atoms with Crippen LogP contribution in [0, 0.1) is 0 Å². The molecule has 0 bridgehead atoms. The van der Waals surface area contributed by atoms with Crippen molar-refractivity contribution in [3.8, 4) is 17.0 Å². The van der Waals surface area contributed by atoms with Gasteiger partial charge in [0.05, 0.1) is 11.9 Å². The van der Waals surface area contributed by atoms with Crippen LogP contribution in [0.1, 0.15) is 21.6 Å². The Morgan fingerprint density at radius 2 is 2.07 bits per heavy atom. The lowest BCUT2D eigenvalue weighted by Gasteiger charge is -2.04. The SMILES string of the molecule is C=CCc1cccc(C=NNC(=O)c2cc(-c3ccc(Cl)cc3)n[nH]2)c1O. The molecule has 27 heavy (non-hydrogen) atoms. The lowest BCUT2D eigenvalue weighted by Crippen LogP contribution is -2.18. The highest BCUT2D eigenvalue weighted by Crippen LogP contribution is 2.22. The third kappa shape index (κ3) is 4.43. The number of allylic oxidation sites excluding steroid dienone is 1. The number of phenols is 1. The number of nitrogens with one attached hydrogen (secondary N) is 2. The number of hydrazone groups is 1. The van der Waals surface area contributed by atoms with Crippen LogP contribution in [0.5, 0.6) is 5.75 Å². The molecule has 136 valence electrons. The lowest BCUT2D eigenvalue weighted by molar-refractivity contribution is 0.0950. The molecule has 7 heteroatoms. The van der Waals surface area contributed by atoms with E-state index in [-0.39, 0.29) is 11.4 Å². The molecule has 0 fully saturated rings. The van der Waals surface area contributed by atoms with Crippen LogP contribution in [0.4, 0.5) is 0 Å². The summed E-state index contributed by atoms with van der Waals surface area (Å²) < 4.78 is 0. The second kappa shape index (κ2) is 8.33. The molecule has 0 atom stereocenters. The van der Waals surface area contributed by atoms with Crippen LogP contribution < -0.4 is 5.43 Å². The molecule has 1 heterocycles. The van der Waals surface area contributed by atoms with Gasteiger partial charge in [0.15, 0.2) is 0 Å². The summed E-state index contributed by atoms with van der Waals surface area (Å²) in [6, 6.07) is 14.1. The number of amides is 1. The molecule has 0 unspecified atom stereocenters. The zero-order valence-corrected chi connectivity index (χ0v) is 15.1. The average molecular weight is 381 g/mol. The fourth-order valence-electron chi connectivity index (χ4n) is 2.46. The van der Waals surface area contributed by atoms with Crippen molar-refractivity contribution >= 4 is 23.7 Å². The van der Waals surface area contributed by atoms with Gasteiger partial charge in [-0.2, -0.15) is 10.2 Å². The number of hydrogen-bond donors (Lipinski definition) is 3. The average Bonchev–Trinajstić information content (AvgIpc) is 3.15. The van der Waals surface area contributed by atoms with Crippen molar-refractivity contribution < 1.29 is 9.90 Å². The monoisotopic (exact) mass is 380 g/mol. The van der Waals surface area contributed by atoms with Gasteiger partial charge in [0.2, 0.25) is 0 Å². The minimum Gasteiger partial charge on any atom is -0.507 e. The maximum Gasteiger partial charge on any atom is 0.289 e. The largest absolute Gasteiger partial charge is 0.507 e. The highest BCUT2D eigenvalue weighted by atomic mass is 35.5. The van der Waals surface area contributed by atoms with E-state index >= 15 is 0 Å². The zero-order valence-electron chi connectivity index (χ0n) is 14.3. The molecule has 3 N–H and O–H groups in total. The summed E-state index contributed by atoms with van der Waals surface area (Å²) in [5.74, 6) is -0.331. The third-order valence-electron chi connectivity index (χ3n) is 3.85. The fraction of sp³-hybridized carbons (Fsp3) is 0.0500. The molecule has 0 aliphatic carbocycles. The maximum absolute atomic E-state index is 12.2. The number of benzene rings is 2. The van der Waals surface area contributed by atoms with Gasteiger partial charge in [0.25, 0.3) is 5.91 Å². The molecule has 0 spiro atoms. The van der Waals surface area contributed by atoms with Gasteiger partial charge in [-0.3, -0.25) is 9.89 Å². The number of phenolic OH excluding ortho intramolecular Hbond substituents is 1. The van der Waals surface area contributed by atoms with Gasteiger partial charge in [-0.1, -0.05) is 41.9 Å². The second-order valence-corrected chi connectivity index (χ2v) is 6.16. The van der Waals surface area contributed by atoms with Gasteiger partial charge in [-0.15, -0.1) is 6.58 Å². The normalized spacial score (nSPS) is 10.9. The van der Waals surface area contributed by atoms with Crippen LogP contribution in [0.3, 0.4) is 0 Å². The number of H-pyrrole nitrogens is 1. The highest BCUT2D eigenvalue weighted by Gasteiger charge is 2.10. The van der Waals surface area contributed by atoms with E-state index in [1.165, 1.54) is 6.21 Å². The number of nitrogens with zero attached hydrogens (tertiary/aromatic N) is 2. The van der Waals surface area contributed by atoms with E-state index in [1.54, 1.807) is 42.5 Å². The van der Waals surface area contributed by atoms with Crippen molar-refractivity contribution in [1.82, 2.24) is 15.6 Å². The molecule has 0 radical (unpaired) electrons. The number of rotatable bonds is 6. The molecular weight excluding hydrogens is 364 g/mol. The molecular formula is C20H17ClN4O2. The zero-order chi connectivity index (χ0) is 19.2. The minimum atomic E-state index is -0.444. The van der Waals surface area contributed by atoms with E-state index in [4.69, 9.17) is 11.6 Å². The first-order valence-corrected chi connectivity index (χ1v) is 8.53. The Hall–Kier alpha value is -3.38. The van der Waals surface area contributed by atoms with Crippen molar-refractivity contribution in [3.63, 3.8) is 0 Å². The number of halogens is 1. The Kier molecular flexibility index (Phi) is 5.68. The molecule has 6 nitrogen and oxygen atoms in total. The third-order valence-corrected chi connectivity index (χ3v) is 4.10. The van der Waals surface area contributed by atoms with E-state index in [0.29, 0.717) is 22.7 Å². The first kappa shape index (κ1) is 18.4. The summed E-state index contributed by atoms with van der Waals surface area (Å²) >= 11 is 5.87. The van der Waals surface area contributed by atoms with Crippen LogP contribution >= 0.6 is 11.6 Å². The van der Waals surface area contributed by atoms with Crippen LogP contribution in [0.25, 0.3) is 11.3 Å². The second-order valence-electron chi connectivity index (χ2n) is 5.72. The van der Waals surface area contributed by atoms with E-state index < -0.39 is 5.91 Å². The molecule has 3 aromatic rings. The van der Waals surface area contributed by atoms with Gasteiger partial charge in [0.1, 0.15) is 11.4 Å². The first-order valence-electron chi connectivity index (χ1n) is 8.15. The minimum absolute atomic E-state index is 0.113. The highest BCUT2D eigenvalue weighted by molar-refractivity contribution is 6.30. The van der Waals surface area contributed by atoms with E-state index in [2.05, 4.69) is 27.3 Å². The van der Waals surface area contributed by atoms with Crippen LogP contribution in [0.15, 0.2) is 66.3 Å². The van der Waals surface area contributed by atoms with Crippen LogP contribution in [-0.4, -0.2) is 27.4 Å². The number of para-hydroxylation sites is 1. The Morgan fingerprint density at radius 3 is 2.81 bits per heavy atom. The van der Waals surface area contributed by atoms with Crippen LogP contribution in [-0.2, 0) is 6.42 Å². The first-order chi connectivity index (χ1) is 13.1. The van der Waals surface area contributed by atoms with Crippen molar-refractivity contribution in [2.75, 3.05) is 0 Å². The summed E-state index contributed by atoms with van der Waals surface area (Å²) in [7, 11) is 0. The van der Waals surface area contributed by atoms with E-state index in [1.807, 2.05) is 12.1 Å². The molecule has 0 saturated heterocycles. The number of aromatic nitrogens is 2. The number of aromatic amines is 1. The smallest absolute Gasteiger partial charge is 0.289 e. The summed E-state index contributed by atoms with van der Waals surface area (Å²) in [5, 5.41) is 21.5. The Labute approximate surface area is 161 Å². The summed E-state index contributed by atoms with van der Waals surface area (Å²) in [6.07, 6.45) is 3.63. The Balaban J connectivity index is 1.68. The van der Waals surface area contributed by atoms with Crippen molar-refractivity contribution in [1.29, 1.82) is 0 Å². The van der Waals surface area contributed by atoms with Gasteiger partial charge >= 0.3 is 0 Å². The van der Waals surface area contributed by atoms with Gasteiger partial charge in [0, 0.05) is 16.1 Å². The molecule has 0 aliphatic rings. The van der Waals surface area contributed by atoms with Crippen molar-refractivity contribution in [2.24, 2.45) is 5.10 Å². The van der Waals surface area contributed by atoms with Gasteiger partial charge in [-0.25, -0.2) is 5.43 Å². The van der Waals surface area contributed by atoms with E-state index in [9.17, 15) is 9.90 Å². The fourth-order valence-corrected chi connectivity index (χ4v) is 2.59. The molecule has 0 saturated carbocycles. The molecule has 1 aromatic heterocycles. The summed E-state index contributed by atoms with van der Waals surface area (Å²) in [4.78, 5) is 12.2. The van der Waals surface area contributed by atoms with Crippen molar-refractivity contribution in [3.05, 3.63) is 83.0 Å². The summed E-state index contributed by atoms with van der Waals surface area (Å²) in [5.41, 5.74) is 5.37. The van der Waals surface area contributed by atoms with E-state index in [0.717, 1.165) is 11.1 Å². The predicted molar refractivity (Wildman–Crippen MR) is 106 cm³/mol. The Morgan fingerprint density at radius 1 is 1.30 bits per heavy atom. The Bertz CT molecular complexity index is 993. The number of hydrogen-bond acceptors (Lipinski definition) is 4. The maximum atomic E-state index is 12.2. The summed E-state index contributed by atoms with van der Waals surface area (Å²) in [6.45, 7) is 3.66. The molecule has 1 amide bonds.